The molecule has 4 rings (SSSR count). The van der Waals surface area contributed by atoms with Crippen LogP contribution < -0.4 is 10.2 Å². The van der Waals surface area contributed by atoms with Crippen molar-refractivity contribution in [3.8, 4) is 0 Å². The predicted octanol–water partition coefficient (Wildman–Crippen LogP) is 4.47. The summed E-state index contributed by atoms with van der Waals surface area (Å²) in [5, 5.41) is 3.32. The topological polar surface area (TPSA) is 45.2 Å². The number of carbonyl (C=O) groups is 1. The molecule has 0 spiro atoms. The van der Waals surface area contributed by atoms with E-state index in [1.54, 1.807) is 24.4 Å². The summed E-state index contributed by atoms with van der Waals surface area (Å²) >= 11 is 0. The number of carbonyl (C=O) groups excluding carboxylic acids is 1. The second-order valence-electron chi connectivity index (χ2n) is 7.09. The van der Waals surface area contributed by atoms with Crippen molar-refractivity contribution in [3.05, 3.63) is 89.5 Å². The molecule has 2 aromatic carbocycles. The van der Waals surface area contributed by atoms with E-state index in [1.165, 1.54) is 17.7 Å². The molecule has 0 saturated heterocycles. The SMILES string of the molecule is CC1Cc2ccccc2N1C(=O)c1cc(NCCc2ccc(F)cc2)ccn1. The minimum absolute atomic E-state index is 0.0837. The lowest BCUT2D eigenvalue weighted by Crippen LogP contribution is -2.36. The Bertz CT molecular complexity index is 987. The second kappa shape index (κ2) is 7.80. The molecule has 0 radical (unpaired) electrons. The summed E-state index contributed by atoms with van der Waals surface area (Å²) in [5.41, 5.74) is 4.49. The number of fused-ring (bicyclic) bond motifs is 1. The van der Waals surface area contributed by atoms with E-state index in [4.69, 9.17) is 0 Å². The molecule has 0 bridgehead atoms. The minimum atomic E-state index is -0.230. The van der Waals surface area contributed by atoms with Crippen LogP contribution in [0, 0.1) is 5.82 Å². The molecular weight excluding hydrogens is 353 g/mol. The van der Waals surface area contributed by atoms with Crippen molar-refractivity contribution in [1.29, 1.82) is 0 Å². The zero-order valence-corrected chi connectivity index (χ0v) is 15.7. The number of aromatic nitrogens is 1. The number of rotatable bonds is 5. The molecule has 3 aromatic rings. The maximum absolute atomic E-state index is 13.1. The van der Waals surface area contributed by atoms with Crippen LogP contribution in [0.5, 0.6) is 0 Å². The molecule has 0 saturated carbocycles. The van der Waals surface area contributed by atoms with Crippen molar-refractivity contribution in [3.63, 3.8) is 0 Å². The maximum Gasteiger partial charge on any atom is 0.277 e. The largest absolute Gasteiger partial charge is 0.385 e. The molecule has 1 aliphatic rings. The molecule has 1 N–H and O–H groups in total. The molecule has 142 valence electrons. The highest BCUT2D eigenvalue weighted by atomic mass is 19.1. The summed E-state index contributed by atoms with van der Waals surface area (Å²) < 4.78 is 13.0. The smallest absolute Gasteiger partial charge is 0.277 e. The van der Waals surface area contributed by atoms with E-state index < -0.39 is 0 Å². The van der Waals surface area contributed by atoms with Crippen molar-refractivity contribution >= 4 is 17.3 Å². The van der Waals surface area contributed by atoms with Crippen LogP contribution in [0.4, 0.5) is 15.8 Å². The van der Waals surface area contributed by atoms with Crippen LogP contribution in [-0.4, -0.2) is 23.5 Å². The average molecular weight is 375 g/mol. The monoisotopic (exact) mass is 375 g/mol. The Morgan fingerprint density at radius 1 is 1.18 bits per heavy atom. The van der Waals surface area contributed by atoms with Crippen LogP contribution in [-0.2, 0) is 12.8 Å². The highest BCUT2D eigenvalue weighted by Gasteiger charge is 2.31. The number of nitrogens with zero attached hydrogens (tertiary/aromatic N) is 2. The Labute approximate surface area is 164 Å². The maximum atomic E-state index is 13.1. The van der Waals surface area contributed by atoms with Gasteiger partial charge in [-0.3, -0.25) is 9.78 Å². The van der Waals surface area contributed by atoms with Crippen LogP contribution in [0.25, 0.3) is 0 Å². The van der Waals surface area contributed by atoms with Gasteiger partial charge in [-0.25, -0.2) is 4.39 Å². The van der Waals surface area contributed by atoms with E-state index in [0.717, 1.165) is 29.8 Å². The summed E-state index contributed by atoms with van der Waals surface area (Å²) in [6.07, 6.45) is 3.28. The molecule has 2 heterocycles. The van der Waals surface area contributed by atoms with Crippen LogP contribution in [0.15, 0.2) is 66.9 Å². The lowest BCUT2D eigenvalue weighted by Gasteiger charge is -2.22. The standard InChI is InChI=1S/C23H22FN3O/c1-16-14-18-4-2-3-5-22(18)27(16)23(28)21-15-20(11-13-26-21)25-12-10-17-6-8-19(24)9-7-17/h2-9,11,13,15-16H,10,12,14H2,1H3,(H,25,26). The van der Waals surface area contributed by atoms with Crippen molar-refractivity contribution in [2.24, 2.45) is 0 Å². The molecule has 1 atom stereocenters. The highest BCUT2D eigenvalue weighted by Crippen LogP contribution is 2.33. The van der Waals surface area contributed by atoms with E-state index in [-0.39, 0.29) is 17.8 Å². The van der Waals surface area contributed by atoms with Gasteiger partial charge in [0.25, 0.3) is 5.91 Å². The van der Waals surface area contributed by atoms with E-state index in [9.17, 15) is 9.18 Å². The summed E-state index contributed by atoms with van der Waals surface area (Å²) in [4.78, 5) is 19.2. The summed E-state index contributed by atoms with van der Waals surface area (Å²) in [5.74, 6) is -0.314. The van der Waals surface area contributed by atoms with Crippen molar-refractivity contribution in [1.82, 2.24) is 4.98 Å². The fraction of sp³-hybridized carbons (Fsp3) is 0.217. The van der Waals surface area contributed by atoms with Gasteiger partial charge in [0.1, 0.15) is 11.5 Å². The van der Waals surface area contributed by atoms with E-state index in [2.05, 4.69) is 23.3 Å². The third kappa shape index (κ3) is 3.74. The van der Waals surface area contributed by atoms with Crippen LogP contribution in [0.3, 0.4) is 0 Å². The van der Waals surface area contributed by atoms with Crippen LogP contribution >= 0.6 is 0 Å². The van der Waals surface area contributed by atoms with Crippen molar-refractivity contribution in [2.45, 2.75) is 25.8 Å². The second-order valence-corrected chi connectivity index (χ2v) is 7.09. The molecule has 1 aliphatic heterocycles. The summed E-state index contributed by atoms with van der Waals surface area (Å²) in [7, 11) is 0. The number of halogens is 1. The number of para-hydroxylation sites is 1. The molecular formula is C23H22FN3O. The first-order valence-electron chi connectivity index (χ1n) is 9.47. The number of pyridine rings is 1. The van der Waals surface area contributed by atoms with Gasteiger partial charge in [-0.05, 0) is 61.2 Å². The number of hydrogen-bond donors (Lipinski definition) is 1. The third-order valence-electron chi connectivity index (χ3n) is 5.06. The lowest BCUT2D eigenvalue weighted by molar-refractivity contribution is 0.0976. The normalized spacial score (nSPS) is 15.4. The first-order valence-corrected chi connectivity index (χ1v) is 9.47. The van der Waals surface area contributed by atoms with Gasteiger partial charge in [-0.2, -0.15) is 0 Å². The molecule has 4 nitrogen and oxygen atoms in total. The summed E-state index contributed by atoms with van der Waals surface area (Å²) in [6, 6.07) is 18.3. The minimum Gasteiger partial charge on any atom is -0.385 e. The van der Waals surface area contributed by atoms with Crippen molar-refractivity contribution < 1.29 is 9.18 Å². The Morgan fingerprint density at radius 3 is 2.79 bits per heavy atom. The van der Waals surface area contributed by atoms with Gasteiger partial charge in [0, 0.05) is 30.2 Å². The van der Waals surface area contributed by atoms with Gasteiger partial charge in [0.15, 0.2) is 0 Å². The van der Waals surface area contributed by atoms with Gasteiger partial charge < -0.3 is 10.2 Å². The van der Waals surface area contributed by atoms with E-state index >= 15 is 0 Å². The summed E-state index contributed by atoms with van der Waals surface area (Å²) in [6.45, 7) is 2.74. The molecule has 1 amide bonds. The van der Waals surface area contributed by atoms with Gasteiger partial charge in [-0.15, -0.1) is 0 Å². The first kappa shape index (κ1) is 18.2. The highest BCUT2D eigenvalue weighted by molar-refractivity contribution is 6.06. The van der Waals surface area contributed by atoms with Crippen LogP contribution in [0.2, 0.25) is 0 Å². The van der Waals surface area contributed by atoms with Gasteiger partial charge in [0.05, 0.1) is 0 Å². The predicted molar refractivity (Wildman–Crippen MR) is 109 cm³/mol. The lowest BCUT2D eigenvalue weighted by atomic mass is 10.1. The third-order valence-corrected chi connectivity index (χ3v) is 5.06. The van der Waals surface area contributed by atoms with Crippen molar-refractivity contribution in [2.75, 3.05) is 16.8 Å². The fourth-order valence-corrected chi connectivity index (χ4v) is 3.66. The number of amides is 1. The average Bonchev–Trinajstić information content (AvgIpc) is 3.05. The van der Waals surface area contributed by atoms with E-state index in [1.807, 2.05) is 29.2 Å². The molecule has 28 heavy (non-hydrogen) atoms. The molecule has 0 aliphatic carbocycles. The number of nitrogens with one attached hydrogen (secondary N) is 1. The number of benzene rings is 2. The first-order chi connectivity index (χ1) is 13.6. The quantitative estimate of drug-likeness (QED) is 0.716. The Hall–Kier alpha value is -3.21. The number of hydrogen-bond acceptors (Lipinski definition) is 3. The number of anilines is 2. The van der Waals surface area contributed by atoms with Crippen LogP contribution in [0.1, 0.15) is 28.5 Å². The van der Waals surface area contributed by atoms with E-state index in [0.29, 0.717) is 12.2 Å². The molecule has 1 aromatic heterocycles. The Kier molecular flexibility index (Phi) is 5.06. The molecule has 0 fully saturated rings. The molecule has 1 unspecified atom stereocenters. The van der Waals surface area contributed by atoms with Gasteiger partial charge in [0.2, 0.25) is 0 Å². The molecule has 5 heteroatoms. The van der Waals surface area contributed by atoms with Gasteiger partial charge in [-0.1, -0.05) is 30.3 Å². The zero-order valence-electron chi connectivity index (χ0n) is 15.7. The fourth-order valence-electron chi connectivity index (χ4n) is 3.66. The Balaban J connectivity index is 1.45. The van der Waals surface area contributed by atoms with Gasteiger partial charge >= 0.3 is 0 Å². The Morgan fingerprint density at radius 2 is 1.96 bits per heavy atom. The zero-order chi connectivity index (χ0) is 19.5.